The summed E-state index contributed by atoms with van der Waals surface area (Å²) in [4.78, 5) is 0. The average molecular weight is 370 g/mol. The molecule has 0 radical (unpaired) electrons. The Hall–Kier alpha value is -1.18. The summed E-state index contributed by atoms with van der Waals surface area (Å²) >= 11 is 5.39. The van der Waals surface area contributed by atoms with Crippen LogP contribution in [0.5, 0.6) is 0 Å². The zero-order valence-electron chi connectivity index (χ0n) is 14.7. The van der Waals surface area contributed by atoms with Crippen LogP contribution in [0.4, 0.5) is 5.69 Å². The van der Waals surface area contributed by atoms with Crippen LogP contribution in [0, 0.1) is 0 Å². The Bertz CT molecular complexity index is 674. The summed E-state index contributed by atoms with van der Waals surface area (Å²) in [6, 6.07) is 6.20. The third kappa shape index (κ3) is 4.91. The minimum absolute atomic E-state index is 0.0975. The first-order valence-electron chi connectivity index (χ1n) is 8.35. The lowest BCUT2D eigenvalue weighted by Crippen LogP contribution is -2.46. The van der Waals surface area contributed by atoms with Gasteiger partial charge in [0, 0.05) is 11.7 Å². The van der Waals surface area contributed by atoms with Gasteiger partial charge in [-0.1, -0.05) is 45.9 Å². The molecular formula is C17H27N3O2S2. The third-order valence-electron chi connectivity index (χ3n) is 4.23. The molecule has 134 valence electrons. The van der Waals surface area contributed by atoms with Gasteiger partial charge < -0.3 is 5.32 Å². The van der Waals surface area contributed by atoms with Crippen molar-refractivity contribution < 1.29 is 8.42 Å². The van der Waals surface area contributed by atoms with Gasteiger partial charge in [0.25, 0.3) is 0 Å². The Kier molecular flexibility index (Phi) is 6.22. The molecule has 1 heterocycles. The van der Waals surface area contributed by atoms with Crippen molar-refractivity contribution in [3.8, 4) is 0 Å². The van der Waals surface area contributed by atoms with Gasteiger partial charge >= 0.3 is 0 Å². The lowest BCUT2D eigenvalue weighted by Gasteiger charge is -2.22. The molecule has 3 N–H and O–H groups in total. The van der Waals surface area contributed by atoms with Crippen molar-refractivity contribution >= 4 is 32.9 Å². The van der Waals surface area contributed by atoms with E-state index in [9.17, 15) is 8.42 Å². The molecule has 24 heavy (non-hydrogen) atoms. The van der Waals surface area contributed by atoms with Crippen molar-refractivity contribution in [1.82, 2.24) is 10.9 Å². The van der Waals surface area contributed by atoms with E-state index in [1.165, 1.54) is 11.1 Å². The summed E-state index contributed by atoms with van der Waals surface area (Å²) in [6.07, 6.45) is 0.609. The van der Waals surface area contributed by atoms with E-state index in [0.29, 0.717) is 23.4 Å². The maximum absolute atomic E-state index is 11.5. The fourth-order valence-electron chi connectivity index (χ4n) is 2.92. The number of hydrogen-bond donors (Lipinski definition) is 3. The Balaban J connectivity index is 2.05. The van der Waals surface area contributed by atoms with Gasteiger partial charge in [-0.05, 0) is 41.6 Å². The van der Waals surface area contributed by atoms with Gasteiger partial charge in [-0.2, -0.15) is 0 Å². The highest BCUT2D eigenvalue weighted by molar-refractivity contribution is 7.91. The fourth-order valence-corrected chi connectivity index (χ4v) is 4.75. The van der Waals surface area contributed by atoms with Crippen molar-refractivity contribution in [3.63, 3.8) is 0 Å². The monoisotopic (exact) mass is 369 g/mol. The van der Waals surface area contributed by atoms with Gasteiger partial charge in [0.2, 0.25) is 0 Å². The van der Waals surface area contributed by atoms with E-state index in [0.717, 1.165) is 5.69 Å². The number of anilines is 1. The van der Waals surface area contributed by atoms with Crippen LogP contribution in [0.25, 0.3) is 0 Å². The Morgan fingerprint density at radius 3 is 2.21 bits per heavy atom. The summed E-state index contributed by atoms with van der Waals surface area (Å²) in [5.74, 6) is 1.15. The molecule has 0 bridgehead atoms. The molecule has 1 aliphatic rings. The minimum atomic E-state index is -2.90. The normalized spacial score (nSPS) is 19.7. The highest BCUT2D eigenvalue weighted by atomic mass is 32.2. The molecule has 7 heteroatoms. The van der Waals surface area contributed by atoms with Crippen molar-refractivity contribution in [3.05, 3.63) is 29.3 Å². The van der Waals surface area contributed by atoms with Crippen LogP contribution in [-0.2, 0) is 9.84 Å². The first kappa shape index (κ1) is 19.1. The van der Waals surface area contributed by atoms with Crippen molar-refractivity contribution in [2.45, 2.75) is 52.0 Å². The molecule has 0 aliphatic carbocycles. The average Bonchev–Trinajstić information content (AvgIpc) is 2.84. The van der Waals surface area contributed by atoms with E-state index in [-0.39, 0.29) is 17.5 Å². The zero-order valence-corrected chi connectivity index (χ0v) is 16.4. The maximum atomic E-state index is 11.5. The third-order valence-corrected chi connectivity index (χ3v) is 6.21. The van der Waals surface area contributed by atoms with Gasteiger partial charge in [-0.15, -0.1) is 0 Å². The number of para-hydroxylation sites is 1. The lowest BCUT2D eigenvalue weighted by atomic mass is 9.93. The summed E-state index contributed by atoms with van der Waals surface area (Å²) < 4.78 is 23.0. The smallest absolute Gasteiger partial charge is 0.185 e. The molecule has 1 fully saturated rings. The number of hydrogen-bond acceptors (Lipinski definition) is 4. The predicted molar refractivity (Wildman–Crippen MR) is 104 cm³/mol. The molecule has 5 nitrogen and oxygen atoms in total. The van der Waals surface area contributed by atoms with Crippen LogP contribution in [0.15, 0.2) is 18.2 Å². The van der Waals surface area contributed by atoms with Gasteiger partial charge in [-0.25, -0.2) is 13.8 Å². The molecule has 0 amide bonds. The standard InChI is InChI=1S/C17H27N3O2S2/c1-11(2)14-6-5-7-15(12(3)4)16(14)18-17(23)20-19-13-8-9-24(21,22)10-13/h5-7,11-13,19H,8-10H2,1-4H3,(H2,18,20,23)/t13-/m1/s1. The van der Waals surface area contributed by atoms with E-state index in [1.54, 1.807) is 0 Å². The van der Waals surface area contributed by atoms with E-state index < -0.39 is 9.84 Å². The summed E-state index contributed by atoms with van der Waals surface area (Å²) in [6.45, 7) is 8.62. The van der Waals surface area contributed by atoms with Gasteiger partial charge in [0.05, 0.1) is 11.5 Å². The van der Waals surface area contributed by atoms with Gasteiger partial charge in [0.15, 0.2) is 14.9 Å². The number of benzene rings is 1. The van der Waals surface area contributed by atoms with Crippen molar-refractivity contribution in [2.75, 3.05) is 16.8 Å². The number of hydrazine groups is 1. The van der Waals surface area contributed by atoms with Crippen LogP contribution in [-0.4, -0.2) is 31.1 Å². The molecule has 1 aliphatic heterocycles. The highest BCUT2D eigenvalue weighted by Gasteiger charge is 2.27. The van der Waals surface area contributed by atoms with E-state index in [2.05, 4.69) is 62.1 Å². The molecule has 0 unspecified atom stereocenters. The largest absolute Gasteiger partial charge is 0.331 e. The quantitative estimate of drug-likeness (QED) is 0.548. The van der Waals surface area contributed by atoms with E-state index >= 15 is 0 Å². The second-order valence-corrected chi connectivity index (χ2v) is 9.58. The maximum Gasteiger partial charge on any atom is 0.185 e. The molecule has 0 aromatic heterocycles. The van der Waals surface area contributed by atoms with E-state index in [4.69, 9.17) is 12.2 Å². The van der Waals surface area contributed by atoms with Crippen LogP contribution in [0.1, 0.15) is 57.1 Å². The summed E-state index contributed by atoms with van der Waals surface area (Å²) in [7, 11) is -2.90. The van der Waals surface area contributed by atoms with Gasteiger partial charge in [0.1, 0.15) is 0 Å². The number of nitrogens with one attached hydrogen (secondary N) is 3. The topological polar surface area (TPSA) is 70.2 Å². The van der Waals surface area contributed by atoms with Crippen LogP contribution in [0.2, 0.25) is 0 Å². The van der Waals surface area contributed by atoms with Crippen molar-refractivity contribution in [1.29, 1.82) is 0 Å². The molecule has 0 saturated carbocycles. The first-order chi connectivity index (χ1) is 11.2. The summed E-state index contributed by atoms with van der Waals surface area (Å²) in [5, 5.41) is 3.75. The molecule has 0 spiro atoms. The molecule has 1 aromatic rings. The first-order valence-corrected chi connectivity index (χ1v) is 10.6. The number of thiocarbonyl (C=S) groups is 1. The van der Waals surface area contributed by atoms with Crippen LogP contribution >= 0.6 is 12.2 Å². The second kappa shape index (κ2) is 7.80. The highest BCUT2D eigenvalue weighted by Crippen LogP contribution is 2.32. The molecule has 1 atom stereocenters. The Labute approximate surface area is 150 Å². The fraction of sp³-hybridized carbons (Fsp3) is 0.588. The number of rotatable bonds is 5. The lowest BCUT2D eigenvalue weighted by molar-refractivity contribution is 0.530. The summed E-state index contributed by atoms with van der Waals surface area (Å²) in [5.41, 5.74) is 9.45. The minimum Gasteiger partial charge on any atom is -0.331 e. The van der Waals surface area contributed by atoms with E-state index in [1.807, 2.05) is 0 Å². The Morgan fingerprint density at radius 2 is 1.75 bits per heavy atom. The van der Waals surface area contributed by atoms with Crippen LogP contribution in [0.3, 0.4) is 0 Å². The van der Waals surface area contributed by atoms with Gasteiger partial charge in [-0.3, -0.25) is 5.43 Å². The number of sulfone groups is 1. The Morgan fingerprint density at radius 1 is 1.17 bits per heavy atom. The second-order valence-electron chi connectivity index (χ2n) is 6.94. The molecule has 2 rings (SSSR count). The molecule has 1 saturated heterocycles. The van der Waals surface area contributed by atoms with Crippen molar-refractivity contribution in [2.24, 2.45) is 0 Å². The predicted octanol–water partition coefficient (Wildman–Crippen LogP) is 2.91. The zero-order chi connectivity index (χ0) is 17.9. The van der Waals surface area contributed by atoms with Crippen LogP contribution < -0.4 is 16.2 Å². The molecular weight excluding hydrogens is 342 g/mol. The molecule has 1 aromatic carbocycles. The SMILES string of the molecule is CC(C)c1cccc(C(C)C)c1NC(=S)NN[C@@H]1CCS(=O)(=O)C1.